The number of thioether (sulfide) groups is 1. The van der Waals surface area contributed by atoms with Crippen LogP contribution in [0.5, 0.6) is 0 Å². The molecule has 1 amide bonds. The summed E-state index contributed by atoms with van der Waals surface area (Å²) in [5.74, 6) is -0.173. The second-order valence-electron chi connectivity index (χ2n) is 3.57. The summed E-state index contributed by atoms with van der Waals surface area (Å²) >= 11 is 7.06. The number of nitro groups is 1. The molecule has 0 aliphatic rings. The highest BCUT2D eigenvalue weighted by Crippen LogP contribution is 2.26. The predicted molar refractivity (Wildman–Crippen MR) is 73.8 cm³/mol. The Kier molecular flexibility index (Phi) is 4.53. The number of carbonyl (C=O) groups excluding carboxylic acids is 1. The lowest BCUT2D eigenvalue weighted by Crippen LogP contribution is -2.14. The van der Waals surface area contributed by atoms with Crippen LogP contribution >= 0.6 is 23.4 Å². The number of aromatic nitrogens is 3. The van der Waals surface area contributed by atoms with Crippen molar-refractivity contribution in [1.29, 1.82) is 0 Å². The number of benzene rings is 1. The summed E-state index contributed by atoms with van der Waals surface area (Å²) in [5.41, 5.74) is 0.188. The molecule has 0 saturated heterocycles. The first kappa shape index (κ1) is 14.3. The van der Waals surface area contributed by atoms with Gasteiger partial charge in [0.15, 0.2) is 0 Å². The molecule has 1 heterocycles. The minimum Gasteiger partial charge on any atom is -0.324 e. The Morgan fingerprint density at radius 1 is 1.55 bits per heavy atom. The molecule has 0 radical (unpaired) electrons. The minimum absolute atomic E-state index is 0.110. The number of nitro benzene ring substituents is 1. The topological polar surface area (TPSA) is 114 Å². The number of nitrogens with zero attached hydrogens (tertiary/aromatic N) is 3. The molecule has 8 nitrogen and oxygen atoms in total. The van der Waals surface area contributed by atoms with Crippen molar-refractivity contribution in [2.75, 3.05) is 11.1 Å². The largest absolute Gasteiger partial charge is 0.324 e. The molecule has 1 aromatic carbocycles. The molecule has 2 N–H and O–H groups in total. The molecule has 0 fully saturated rings. The van der Waals surface area contributed by atoms with Gasteiger partial charge < -0.3 is 5.32 Å². The number of hydrogen-bond acceptors (Lipinski definition) is 6. The Bertz CT molecular complexity index is 634. The summed E-state index contributed by atoms with van der Waals surface area (Å²) in [4.78, 5) is 21.7. The Labute approximate surface area is 122 Å². The van der Waals surface area contributed by atoms with E-state index in [4.69, 9.17) is 11.6 Å². The maximum absolute atomic E-state index is 11.7. The predicted octanol–water partition coefficient (Wildman–Crippen LogP) is 2.10. The molecule has 0 aliphatic heterocycles. The summed E-state index contributed by atoms with van der Waals surface area (Å²) in [6.07, 6.45) is 1.50. The molecule has 104 valence electrons. The zero-order valence-electron chi connectivity index (χ0n) is 9.87. The van der Waals surface area contributed by atoms with Crippen LogP contribution in [0.25, 0.3) is 0 Å². The van der Waals surface area contributed by atoms with Gasteiger partial charge in [0, 0.05) is 12.1 Å². The Hall–Kier alpha value is -2.13. The molecular weight excluding hydrogens is 306 g/mol. The first-order chi connectivity index (χ1) is 9.56. The molecule has 0 aliphatic carbocycles. The standard InChI is InChI=1S/C10H8ClN5O3S/c11-7-3-6(16(18)19)1-2-8(7)13-9(17)5-20-10-4-12-15-14-10/h1-4H,5H2,(H,13,17)(H,12,14,15). The van der Waals surface area contributed by atoms with Gasteiger partial charge in [0.05, 0.1) is 27.6 Å². The quantitative estimate of drug-likeness (QED) is 0.496. The number of anilines is 1. The number of rotatable bonds is 5. The Morgan fingerprint density at radius 2 is 2.35 bits per heavy atom. The van der Waals surface area contributed by atoms with Crippen LogP contribution in [0.3, 0.4) is 0 Å². The van der Waals surface area contributed by atoms with Crippen molar-refractivity contribution in [2.24, 2.45) is 0 Å². The zero-order valence-corrected chi connectivity index (χ0v) is 11.4. The van der Waals surface area contributed by atoms with E-state index in [-0.39, 0.29) is 22.4 Å². The van der Waals surface area contributed by atoms with Gasteiger partial charge in [-0.15, -0.1) is 5.10 Å². The lowest BCUT2D eigenvalue weighted by atomic mass is 10.3. The molecule has 0 bridgehead atoms. The van der Waals surface area contributed by atoms with Crippen LogP contribution < -0.4 is 5.32 Å². The number of aromatic amines is 1. The number of carbonyl (C=O) groups is 1. The van der Waals surface area contributed by atoms with E-state index in [1.165, 1.54) is 36.2 Å². The van der Waals surface area contributed by atoms with Crippen molar-refractivity contribution >= 4 is 40.6 Å². The summed E-state index contributed by atoms with van der Waals surface area (Å²) in [6.45, 7) is 0. The average Bonchev–Trinajstić information content (AvgIpc) is 2.91. The summed E-state index contributed by atoms with van der Waals surface area (Å²) in [5, 5.41) is 23.7. The number of hydrogen-bond donors (Lipinski definition) is 2. The van der Waals surface area contributed by atoms with Crippen LogP contribution in [0, 0.1) is 10.1 Å². The van der Waals surface area contributed by atoms with E-state index >= 15 is 0 Å². The van der Waals surface area contributed by atoms with Crippen molar-refractivity contribution in [3.05, 3.63) is 39.5 Å². The fourth-order valence-electron chi connectivity index (χ4n) is 1.31. The maximum Gasteiger partial charge on any atom is 0.271 e. The van der Waals surface area contributed by atoms with E-state index in [1.807, 2.05) is 0 Å². The molecule has 0 spiro atoms. The molecule has 0 saturated carbocycles. The highest BCUT2D eigenvalue weighted by Gasteiger charge is 2.12. The van der Waals surface area contributed by atoms with Crippen molar-refractivity contribution < 1.29 is 9.72 Å². The Balaban J connectivity index is 1.95. The van der Waals surface area contributed by atoms with Crippen LogP contribution in [-0.2, 0) is 4.79 Å². The van der Waals surface area contributed by atoms with Gasteiger partial charge >= 0.3 is 0 Å². The van der Waals surface area contributed by atoms with Gasteiger partial charge in [-0.05, 0) is 6.07 Å². The van der Waals surface area contributed by atoms with Crippen molar-refractivity contribution in [2.45, 2.75) is 5.03 Å². The van der Waals surface area contributed by atoms with Crippen LogP contribution in [0.15, 0.2) is 29.4 Å². The number of amides is 1. The highest BCUT2D eigenvalue weighted by molar-refractivity contribution is 7.99. The minimum atomic E-state index is -0.558. The number of non-ortho nitro benzene ring substituents is 1. The summed E-state index contributed by atoms with van der Waals surface area (Å²) in [6, 6.07) is 3.84. The molecule has 0 atom stereocenters. The Morgan fingerprint density at radius 3 is 2.95 bits per heavy atom. The first-order valence-corrected chi connectivity index (χ1v) is 6.65. The molecule has 10 heteroatoms. The van der Waals surface area contributed by atoms with E-state index in [0.29, 0.717) is 10.7 Å². The zero-order chi connectivity index (χ0) is 14.5. The van der Waals surface area contributed by atoms with Crippen molar-refractivity contribution in [1.82, 2.24) is 15.4 Å². The number of H-pyrrole nitrogens is 1. The van der Waals surface area contributed by atoms with Crippen LogP contribution in [0.2, 0.25) is 5.02 Å². The third-order valence-electron chi connectivity index (χ3n) is 2.18. The fourth-order valence-corrected chi connectivity index (χ4v) is 2.11. The average molecular weight is 314 g/mol. The second kappa shape index (κ2) is 6.35. The first-order valence-electron chi connectivity index (χ1n) is 5.28. The normalized spacial score (nSPS) is 10.2. The van der Waals surface area contributed by atoms with Crippen molar-refractivity contribution in [3.8, 4) is 0 Å². The van der Waals surface area contributed by atoms with Gasteiger partial charge in [-0.1, -0.05) is 23.4 Å². The molecule has 0 unspecified atom stereocenters. The smallest absolute Gasteiger partial charge is 0.271 e. The van der Waals surface area contributed by atoms with E-state index in [2.05, 4.69) is 20.7 Å². The van der Waals surface area contributed by atoms with E-state index in [9.17, 15) is 14.9 Å². The van der Waals surface area contributed by atoms with E-state index < -0.39 is 4.92 Å². The van der Waals surface area contributed by atoms with Gasteiger partial charge in [-0.25, -0.2) is 0 Å². The van der Waals surface area contributed by atoms with Crippen molar-refractivity contribution in [3.63, 3.8) is 0 Å². The number of halogens is 1. The summed E-state index contributed by atoms with van der Waals surface area (Å²) in [7, 11) is 0. The molecule has 2 rings (SSSR count). The van der Waals surface area contributed by atoms with Crippen LogP contribution in [0.1, 0.15) is 0 Å². The van der Waals surface area contributed by atoms with E-state index in [1.54, 1.807) is 0 Å². The number of nitrogens with one attached hydrogen (secondary N) is 2. The van der Waals surface area contributed by atoms with Crippen LogP contribution in [-0.4, -0.2) is 32.0 Å². The lowest BCUT2D eigenvalue weighted by Gasteiger charge is -2.06. The third-order valence-corrected chi connectivity index (χ3v) is 3.39. The highest BCUT2D eigenvalue weighted by atomic mass is 35.5. The van der Waals surface area contributed by atoms with Gasteiger partial charge in [-0.3, -0.25) is 14.9 Å². The van der Waals surface area contributed by atoms with Gasteiger partial charge in [0.2, 0.25) is 5.91 Å². The maximum atomic E-state index is 11.7. The molecule has 2 aromatic rings. The monoisotopic (exact) mass is 313 g/mol. The SMILES string of the molecule is O=C(CSc1cn[nH]n1)Nc1ccc([N+](=O)[O-])cc1Cl. The van der Waals surface area contributed by atoms with Crippen LogP contribution in [0.4, 0.5) is 11.4 Å². The molecule has 20 heavy (non-hydrogen) atoms. The van der Waals surface area contributed by atoms with Gasteiger partial charge in [0.25, 0.3) is 5.69 Å². The van der Waals surface area contributed by atoms with Gasteiger partial charge in [-0.2, -0.15) is 10.3 Å². The molecular formula is C10H8ClN5O3S. The lowest BCUT2D eigenvalue weighted by molar-refractivity contribution is -0.384. The molecule has 1 aromatic heterocycles. The summed E-state index contributed by atoms with van der Waals surface area (Å²) < 4.78 is 0. The second-order valence-corrected chi connectivity index (χ2v) is 4.97. The van der Waals surface area contributed by atoms with E-state index in [0.717, 1.165) is 0 Å². The third kappa shape index (κ3) is 3.68. The fraction of sp³-hybridized carbons (Fsp3) is 0.100. The van der Waals surface area contributed by atoms with Gasteiger partial charge in [0.1, 0.15) is 5.03 Å².